The van der Waals surface area contributed by atoms with Crippen molar-refractivity contribution < 1.29 is 9.53 Å². The molecule has 26 heavy (non-hydrogen) atoms. The molecule has 1 aromatic carbocycles. The molecule has 2 aromatic heterocycles. The van der Waals surface area contributed by atoms with E-state index in [-0.39, 0.29) is 11.3 Å². The van der Waals surface area contributed by atoms with Crippen molar-refractivity contribution in [1.29, 1.82) is 0 Å². The predicted molar refractivity (Wildman–Crippen MR) is 95.0 cm³/mol. The Labute approximate surface area is 150 Å². The minimum atomic E-state index is -0.479. The first-order chi connectivity index (χ1) is 12.5. The third-order valence-electron chi connectivity index (χ3n) is 4.03. The highest BCUT2D eigenvalue weighted by Gasteiger charge is 2.22. The van der Waals surface area contributed by atoms with Gasteiger partial charge in [0.25, 0.3) is 11.5 Å². The van der Waals surface area contributed by atoms with Gasteiger partial charge in [-0.3, -0.25) is 9.59 Å². The molecule has 0 radical (unpaired) electrons. The molecular weight excluding hydrogens is 334 g/mol. The van der Waals surface area contributed by atoms with E-state index in [0.717, 1.165) is 16.0 Å². The van der Waals surface area contributed by atoms with Crippen molar-refractivity contribution in [2.24, 2.45) is 14.1 Å². The average molecular weight is 353 g/mol. The molecule has 8 nitrogen and oxygen atoms in total. The van der Waals surface area contributed by atoms with Crippen molar-refractivity contribution in [2.75, 3.05) is 7.11 Å². The van der Waals surface area contributed by atoms with Crippen molar-refractivity contribution >= 4 is 5.91 Å². The van der Waals surface area contributed by atoms with Crippen molar-refractivity contribution in [2.45, 2.75) is 6.04 Å². The molecule has 0 aliphatic heterocycles. The molecule has 134 valence electrons. The number of hydrogen-bond donors (Lipinski definition) is 1. The van der Waals surface area contributed by atoms with Crippen molar-refractivity contribution in [3.8, 4) is 5.75 Å². The van der Waals surface area contributed by atoms with E-state index in [9.17, 15) is 9.59 Å². The van der Waals surface area contributed by atoms with Gasteiger partial charge in [0.15, 0.2) is 0 Å². The van der Waals surface area contributed by atoms with Gasteiger partial charge in [-0.05, 0) is 23.8 Å². The number of hydrogen-bond acceptors (Lipinski definition) is 5. The Bertz CT molecular complexity index is 975. The van der Waals surface area contributed by atoms with Gasteiger partial charge in [-0.1, -0.05) is 12.1 Å². The van der Waals surface area contributed by atoms with Gasteiger partial charge >= 0.3 is 0 Å². The number of aryl methyl sites for hydroxylation is 2. The summed E-state index contributed by atoms with van der Waals surface area (Å²) < 4.78 is 8.15. The van der Waals surface area contributed by atoms with E-state index in [1.165, 1.54) is 19.2 Å². The third-order valence-corrected chi connectivity index (χ3v) is 4.03. The van der Waals surface area contributed by atoms with Crippen molar-refractivity contribution in [3.05, 3.63) is 76.2 Å². The Hall–Kier alpha value is -3.42. The number of amides is 1. The molecule has 0 aliphatic carbocycles. The normalized spacial score (nSPS) is 11.8. The van der Waals surface area contributed by atoms with Crippen LogP contribution in [0.4, 0.5) is 0 Å². The molecule has 1 atom stereocenters. The van der Waals surface area contributed by atoms with Crippen LogP contribution >= 0.6 is 0 Å². The molecular formula is C18H19N5O3. The number of aromatic nitrogens is 4. The Morgan fingerprint density at radius 3 is 2.46 bits per heavy atom. The topological polar surface area (TPSA) is 91.0 Å². The number of methoxy groups -OCH3 is 1. The standard InChI is InChI=1S/C18H19N5O3/c1-22-11-10-19-17(22)16(12-4-6-13(26-3)7-5-12)20-18(25)14-8-9-15(24)23(2)21-14/h4-11,16H,1-3H3,(H,20,25). The van der Waals surface area contributed by atoms with Gasteiger partial charge in [-0.25, -0.2) is 9.67 Å². The summed E-state index contributed by atoms with van der Waals surface area (Å²) in [4.78, 5) is 28.5. The van der Waals surface area contributed by atoms with Crippen LogP contribution < -0.4 is 15.6 Å². The number of carbonyl (C=O) groups is 1. The van der Waals surface area contributed by atoms with Crippen LogP contribution in [-0.4, -0.2) is 32.3 Å². The second-order valence-corrected chi connectivity index (χ2v) is 5.76. The Kier molecular flexibility index (Phi) is 4.83. The fraction of sp³-hybridized carbons (Fsp3) is 0.222. The SMILES string of the molecule is COc1ccc(C(NC(=O)c2ccc(=O)n(C)n2)c2nccn2C)cc1. The molecule has 2 heterocycles. The maximum absolute atomic E-state index is 12.7. The summed E-state index contributed by atoms with van der Waals surface area (Å²) in [6.07, 6.45) is 3.48. The fourth-order valence-corrected chi connectivity index (χ4v) is 2.58. The first-order valence-electron chi connectivity index (χ1n) is 7.96. The third kappa shape index (κ3) is 3.49. The van der Waals surface area contributed by atoms with Gasteiger partial charge in [0.05, 0.1) is 7.11 Å². The Morgan fingerprint density at radius 1 is 1.15 bits per heavy atom. The molecule has 0 fully saturated rings. The zero-order valence-corrected chi connectivity index (χ0v) is 14.7. The zero-order valence-electron chi connectivity index (χ0n) is 14.7. The van der Waals surface area contributed by atoms with Crippen LogP contribution in [0.25, 0.3) is 0 Å². The molecule has 8 heteroatoms. The van der Waals surface area contributed by atoms with E-state index in [0.29, 0.717) is 5.82 Å². The van der Waals surface area contributed by atoms with Gasteiger partial charge in [0, 0.05) is 32.6 Å². The lowest BCUT2D eigenvalue weighted by Gasteiger charge is -2.19. The second-order valence-electron chi connectivity index (χ2n) is 5.76. The highest BCUT2D eigenvalue weighted by atomic mass is 16.5. The monoisotopic (exact) mass is 353 g/mol. The van der Waals surface area contributed by atoms with Gasteiger partial charge in [0.2, 0.25) is 0 Å². The number of nitrogens with one attached hydrogen (secondary N) is 1. The van der Waals surface area contributed by atoms with Crippen molar-refractivity contribution in [3.63, 3.8) is 0 Å². The lowest BCUT2D eigenvalue weighted by molar-refractivity contribution is 0.0934. The summed E-state index contributed by atoms with van der Waals surface area (Å²) in [5.74, 6) is 0.996. The maximum atomic E-state index is 12.7. The average Bonchev–Trinajstić information content (AvgIpc) is 3.07. The number of nitrogens with zero attached hydrogens (tertiary/aromatic N) is 4. The molecule has 0 aliphatic rings. The summed E-state index contributed by atoms with van der Waals surface area (Å²) in [6.45, 7) is 0. The highest BCUT2D eigenvalue weighted by molar-refractivity contribution is 5.92. The maximum Gasteiger partial charge on any atom is 0.272 e. The van der Waals surface area contributed by atoms with E-state index >= 15 is 0 Å². The summed E-state index contributed by atoms with van der Waals surface area (Å²) in [7, 11) is 4.95. The summed E-state index contributed by atoms with van der Waals surface area (Å²) >= 11 is 0. The number of benzene rings is 1. The van der Waals surface area contributed by atoms with E-state index in [4.69, 9.17) is 4.74 Å². The minimum Gasteiger partial charge on any atom is -0.497 e. The summed E-state index contributed by atoms with van der Waals surface area (Å²) in [5, 5.41) is 6.93. The van der Waals surface area contributed by atoms with Gasteiger partial charge in [-0.15, -0.1) is 0 Å². The van der Waals surface area contributed by atoms with Crippen LogP contribution in [0, 0.1) is 0 Å². The molecule has 0 bridgehead atoms. The predicted octanol–water partition coefficient (Wildman–Crippen LogP) is 1.04. The van der Waals surface area contributed by atoms with Crippen LogP contribution in [0.3, 0.4) is 0 Å². The lowest BCUT2D eigenvalue weighted by Crippen LogP contribution is -2.33. The molecule has 0 saturated heterocycles. The molecule has 1 amide bonds. The van der Waals surface area contributed by atoms with Crippen LogP contribution in [-0.2, 0) is 14.1 Å². The van der Waals surface area contributed by atoms with E-state index < -0.39 is 11.9 Å². The molecule has 0 spiro atoms. The highest BCUT2D eigenvalue weighted by Crippen LogP contribution is 2.23. The first-order valence-corrected chi connectivity index (χ1v) is 7.96. The Balaban J connectivity index is 1.95. The minimum absolute atomic E-state index is 0.153. The van der Waals surface area contributed by atoms with Gasteiger partial charge in [0.1, 0.15) is 23.3 Å². The smallest absolute Gasteiger partial charge is 0.272 e. The van der Waals surface area contributed by atoms with Gasteiger partial charge < -0.3 is 14.6 Å². The number of carbonyl (C=O) groups excluding carboxylic acids is 1. The molecule has 3 aromatic rings. The summed E-state index contributed by atoms with van der Waals surface area (Å²) in [5.41, 5.74) is 0.718. The summed E-state index contributed by atoms with van der Waals surface area (Å²) in [6, 6.07) is 9.61. The van der Waals surface area contributed by atoms with Crippen LogP contribution in [0.1, 0.15) is 27.9 Å². The fourth-order valence-electron chi connectivity index (χ4n) is 2.58. The number of rotatable bonds is 5. The number of ether oxygens (including phenoxy) is 1. The molecule has 0 saturated carbocycles. The molecule has 1 unspecified atom stereocenters. The zero-order chi connectivity index (χ0) is 18.7. The van der Waals surface area contributed by atoms with Crippen molar-refractivity contribution in [1.82, 2.24) is 24.6 Å². The lowest BCUT2D eigenvalue weighted by atomic mass is 10.1. The quantitative estimate of drug-likeness (QED) is 0.740. The molecule has 1 N–H and O–H groups in total. The Morgan fingerprint density at radius 2 is 1.88 bits per heavy atom. The van der Waals surface area contributed by atoms with Crippen LogP contribution in [0.5, 0.6) is 5.75 Å². The van der Waals surface area contributed by atoms with Crippen LogP contribution in [0.15, 0.2) is 53.6 Å². The second kappa shape index (κ2) is 7.22. The number of imidazole rings is 1. The molecule has 3 rings (SSSR count). The van der Waals surface area contributed by atoms with Gasteiger partial charge in [-0.2, -0.15) is 5.10 Å². The van der Waals surface area contributed by atoms with E-state index in [1.54, 1.807) is 13.3 Å². The van der Waals surface area contributed by atoms with Crippen LogP contribution in [0.2, 0.25) is 0 Å². The largest absolute Gasteiger partial charge is 0.497 e. The van der Waals surface area contributed by atoms with E-state index in [2.05, 4.69) is 15.4 Å². The van der Waals surface area contributed by atoms with E-state index in [1.807, 2.05) is 42.1 Å². The first kappa shape index (κ1) is 17.4.